The number of benzene rings is 2. The van der Waals surface area contributed by atoms with Crippen LogP contribution in [-0.2, 0) is 15.8 Å². The quantitative estimate of drug-likeness (QED) is 0.452. The number of anilines is 2. The first kappa shape index (κ1) is 25.1. The molecule has 2 aromatic carbocycles. The van der Waals surface area contributed by atoms with Gasteiger partial charge in [0.1, 0.15) is 0 Å². The molecule has 0 aliphatic heterocycles. The van der Waals surface area contributed by atoms with Crippen molar-refractivity contribution in [3.05, 3.63) is 53.1 Å². The number of nitrogens with one attached hydrogen (secondary N) is 2. The number of carbonyl (C=O) groups is 2. The molecule has 1 atom stereocenters. The van der Waals surface area contributed by atoms with Gasteiger partial charge in [-0.3, -0.25) is 9.59 Å². The summed E-state index contributed by atoms with van der Waals surface area (Å²) in [6, 6.07) is 9.79. The average molecular weight is 473 g/mol. The molecule has 2 rings (SSSR count). The molecule has 0 aromatic heterocycles. The molecule has 2 N–H and O–H groups in total. The summed E-state index contributed by atoms with van der Waals surface area (Å²) in [6.07, 6.45) is -4.18. The van der Waals surface area contributed by atoms with Gasteiger partial charge in [0.05, 0.1) is 21.5 Å². The van der Waals surface area contributed by atoms with E-state index < -0.39 is 22.9 Å². The molecule has 0 bridgehead atoms. The number of carbonyl (C=O) groups excluding carboxylic acids is 2. The van der Waals surface area contributed by atoms with Gasteiger partial charge in [-0.15, -0.1) is 11.8 Å². The molecular formula is C22H24ClF3N2O2S. The molecule has 0 radical (unpaired) electrons. The van der Waals surface area contributed by atoms with Gasteiger partial charge in [-0.05, 0) is 48.7 Å². The Balaban J connectivity index is 2.04. The fourth-order valence-electron chi connectivity index (χ4n) is 2.62. The first-order valence-corrected chi connectivity index (χ1v) is 10.7. The summed E-state index contributed by atoms with van der Waals surface area (Å²) in [4.78, 5) is 25.4. The van der Waals surface area contributed by atoms with E-state index in [9.17, 15) is 22.8 Å². The van der Waals surface area contributed by atoms with Crippen molar-refractivity contribution < 1.29 is 22.8 Å². The lowest BCUT2D eigenvalue weighted by Crippen LogP contribution is -2.23. The second-order valence-electron chi connectivity index (χ2n) is 8.26. The zero-order valence-corrected chi connectivity index (χ0v) is 19.1. The molecule has 168 valence electrons. The Morgan fingerprint density at radius 3 is 2.35 bits per heavy atom. The number of rotatable bonds is 6. The SMILES string of the molecule is CC(Sc1cccc(NC(=O)CC(C)(C)C)c1)C(=O)Nc1cc(C(F)(F)F)ccc1Cl. The number of alkyl halides is 3. The van der Waals surface area contributed by atoms with Crippen LogP contribution in [0.2, 0.25) is 5.02 Å². The fourth-order valence-corrected chi connectivity index (χ4v) is 3.71. The minimum Gasteiger partial charge on any atom is -0.326 e. The molecule has 0 heterocycles. The number of amides is 2. The summed E-state index contributed by atoms with van der Waals surface area (Å²) in [6.45, 7) is 7.54. The van der Waals surface area contributed by atoms with Crippen molar-refractivity contribution >= 4 is 46.6 Å². The largest absolute Gasteiger partial charge is 0.416 e. The normalized spacial score (nSPS) is 12.9. The zero-order chi connectivity index (χ0) is 23.4. The highest BCUT2D eigenvalue weighted by molar-refractivity contribution is 8.00. The number of hydrogen-bond donors (Lipinski definition) is 2. The van der Waals surface area contributed by atoms with E-state index in [4.69, 9.17) is 11.6 Å². The molecule has 2 aromatic rings. The van der Waals surface area contributed by atoms with Crippen LogP contribution in [0.5, 0.6) is 0 Å². The molecule has 0 aliphatic carbocycles. The Morgan fingerprint density at radius 2 is 1.74 bits per heavy atom. The molecule has 1 unspecified atom stereocenters. The van der Waals surface area contributed by atoms with Gasteiger partial charge in [-0.2, -0.15) is 13.2 Å². The van der Waals surface area contributed by atoms with E-state index in [1.807, 2.05) is 20.8 Å². The molecule has 0 saturated carbocycles. The molecule has 0 saturated heterocycles. The topological polar surface area (TPSA) is 58.2 Å². The van der Waals surface area contributed by atoms with Crippen LogP contribution in [0, 0.1) is 5.41 Å². The highest BCUT2D eigenvalue weighted by atomic mass is 35.5. The maximum atomic E-state index is 12.9. The average Bonchev–Trinajstić information content (AvgIpc) is 2.61. The molecule has 31 heavy (non-hydrogen) atoms. The maximum absolute atomic E-state index is 12.9. The third-order valence-corrected chi connectivity index (χ3v) is 5.47. The minimum absolute atomic E-state index is 0.0158. The van der Waals surface area contributed by atoms with E-state index in [1.54, 1.807) is 31.2 Å². The lowest BCUT2D eigenvalue weighted by Gasteiger charge is -2.18. The highest BCUT2D eigenvalue weighted by Gasteiger charge is 2.31. The van der Waals surface area contributed by atoms with Gasteiger partial charge < -0.3 is 10.6 Å². The van der Waals surface area contributed by atoms with Gasteiger partial charge >= 0.3 is 6.18 Å². The third-order valence-electron chi connectivity index (χ3n) is 4.04. The molecule has 0 fully saturated rings. The van der Waals surface area contributed by atoms with Gasteiger partial charge in [0, 0.05) is 17.0 Å². The van der Waals surface area contributed by atoms with Gasteiger partial charge in [0.25, 0.3) is 0 Å². The van der Waals surface area contributed by atoms with Crippen LogP contribution in [0.4, 0.5) is 24.5 Å². The van der Waals surface area contributed by atoms with Crippen molar-refractivity contribution in [2.75, 3.05) is 10.6 Å². The maximum Gasteiger partial charge on any atom is 0.416 e. The molecule has 9 heteroatoms. The first-order chi connectivity index (χ1) is 14.2. The molecule has 0 aliphatic rings. The van der Waals surface area contributed by atoms with Crippen LogP contribution in [0.3, 0.4) is 0 Å². The first-order valence-electron chi connectivity index (χ1n) is 9.49. The summed E-state index contributed by atoms with van der Waals surface area (Å²) in [5.41, 5.74) is -0.538. The molecule has 0 spiro atoms. The van der Waals surface area contributed by atoms with E-state index >= 15 is 0 Å². The van der Waals surface area contributed by atoms with Gasteiger partial charge in [-0.1, -0.05) is 38.4 Å². The third kappa shape index (κ3) is 8.10. The smallest absolute Gasteiger partial charge is 0.326 e. The Kier molecular flexibility index (Phi) is 8.05. The van der Waals surface area contributed by atoms with E-state index in [0.29, 0.717) is 12.1 Å². The van der Waals surface area contributed by atoms with Crippen LogP contribution in [-0.4, -0.2) is 17.1 Å². The summed E-state index contributed by atoms with van der Waals surface area (Å²) >= 11 is 7.15. The Labute approximate surface area is 188 Å². The molecule has 4 nitrogen and oxygen atoms in total. The summed E-state index contributed by atoms with van der Waals surface area (Å²) < 4.78 is 38.7. The van der Waals surface area contributed by atoms with Crippen LogP contribution < -0.4 is 10.6 Å². The monoisotopic (exact) mass is 472 g/mol. The van der Waals surface area contributed by atoms with Crippen molar-refractivity contribution in [3.63, 3.8) is 0 Å². The van der Waals surface area contributed by atoms with Crippen molar-refractivity contribution in [3.8, 4) is 0 Å². The standard InChI is InChI=1S/C22H24ClF3N2O2S/c1-13(20(30)28-18-10-14(22(24,25)26)8-9-17(18)23)31-16-7-5-6-15(11-16)27-19(29)12-21(2,3)4/h5-11,13H,12H2,1-4H3,(H,27,29)(H,28,30). The van der Waals surface area contributed by atoms with Crippen molar-refractivity contribution in [1.82, 2.24) is 0 Å². The molecular weight excluding hydrogens is 449 g/mol. The van der Waals surface area contributed by atoms with Crippen LogP contribution in [0.25, 0.3) is 0 Å². The number of hydrogen-bond acceptors (Lipinski definition) is 3. The Hall–Kier alpha value is -2.19. The van der Waals surface area contributed by atoms with Gasteiger partial charge in [0.2, 0.25) is 11.8 Å². The Bertz CT molecular complexity index is 959. The van der Waals surface area contributed by atoms with Crippen LogP contribution in [0.1, 0.15) is 39.7 Å². The fraction of sp³-hybridized carbons (Fsp3) is 0.364. The zero-order valence-electron chi connectivity index (χ0n) is 17.6. The van der Waals surface area contributed by atoms with Crippen molar-refractivity contribution in [1.29, 1.82) is 0 Å². The summed E-state index contributed by atoms with van der Waals surface area (Å²) in [5.74, 6) is -0.604. The number of thioether (sulfide) groups is 1. The predicted octanol–water partition coefficient (Wildman–Crippen LogP) is 6.85. The summed E-state index contributed by atoms with van der Waals surface area (Å²) in [5, 5.41) is 4.68. The van der Waals surface area contributed by atoms with Crippen LogP contribution in [0.15, 0.2) is 47.4 Å². The predicted molar refractivity (Wildman–Crippen MR) is 120 cm³/mol. The summed E-state index contributed by atoms with van der Waals surface area (Å²) in [7, 11) is 0. The Morgan fingerprint density at radius 1 is 1.06 bits per heavy atom. The molecule has 2 amide bonds. The van der Waals surface area contributed by atoms with Crippen LogP contribution >= 0.6 is 23.4 Å². The van der Waals surface area contributed by atoms with E-state index in [2.05, 4.69) is 10.6 Å². The minimum atomic E-state index is -4.54. The van der Waals surface area contributed by atoms with E-state index in [0.717, 1.165) is 23.1 Å². The lowest BCUT2D eigenvalue weighted by molar-refractivity contribution is -0.137. The van der Waals surface area contributed by atoms with Gasteiger partial charge in [-0.25, -0.2) is 0 Å². The second kappa shape index (κ2) is 9.96. The highest BCUT2D eigenvalue weighted by Crippen LogP contribution is 2.34. The van der Waals surface area contributed by atoms with E-state index in [1.165, 1.54) is 11.8 Å². The van der Waals surface area contributed by atoms with Gasteiger partial charge in [0.15, 0.2) is 0 Å². The van der Waals surface area contributed by atoms with Crippen molar-refractivity contribution in [2.24, 2.45) is 5.41 Å². The lowest BCUT2D eigenvalue weighted by atomic mass is 9.92. The van der Waals surface area contributed by atoms with E-state index in [-0.39, 0.29) is 22.0 Å². The van der Waals surface area contributed by atoms with Crippen molar-refractivity contribution in [2.45, 2.75) is 50.4 Å². The number of halogens is 4. The second-order valence-corrected chi connectivity index (χ2v) is 10.1.